The first-order valence-electron chi connectivity index (χ1n) is 10.2. The van der Waals surface area contributed by atoms with Gasteiger partial charge >= 0.3 is 0 Å². The van der Waals surface area contributed by atoms with Crippen molar-refractivity contribution < 1.29 is 39.9 Å². The quantitative estimate of drug-likeness (QED) is 0.285. The highest BCUT2D eigenvalue weighted by atomic mass is 16.3. The largest absolute Gasteiger partial charge is 0.507 e. The maximum atomic E-state index is 13.6. The van der Waals surface area contributed by atoms with E-state index in [0.29, 0.717) is 11.1 Å². The number of benzene rings is 1. The summed E-state index contributed by atoms with van der Waals surface area (Å²) in [4.78, 5) is 39.5. The van der Waals surface area contributed by atoms with Crippen LogP contribution in [0.4, 0.5) is 0 Å². The number of aliphatic hydroxyl groups excluding tert-OH is 3. The molecule has 0 spiro atoms. The van der Waals surface area contributed by atoms with Crippen LogP contribution in [0.5, 0.6) is 5.75 Å². The van der Waals surface area contributed by atoms with Gasteiger partial charge < -0.3 is 36.2 Å². The minimum Gasteiger partial charge on any atom is -0.507 e. The summed E-state index contributed by atoms with van der Waals surface area (Å²) in [5, 5.41) is 52.4. The average Bonchev–Trinajstić information content (AvgIpc) is 2.71. The van der Waals surface area contributed by atoms with Crippen LogP contribution in [0.1, 0.15) is 29.5 Å². The van der Waals surface area contributed by atoms with Crippen molar-refractivity contribution in [3.63, 3.8) is 0 Å². The summed E-state index contributed by atoms with van der Waals surface area (Å²) in [6.45, 7) is -0.832. The number of carbonyl (C=O) groups is 3. The van der Waals surface area contributed by atoms with Crippen molar-refractivity contribution in [3.05, 3.63) is 34.4 Å². The van der Waals surface area contributed by atoms with Gasteiger partial charge in [0.15, 0.2) is 11.4 Å². The summed E-state index contributed by atoms with van der Waals surface area (Å²) >= 11 is 0. The molecule has 3 rings (SSSR count). The van der Waals surface area contributed by atoms with Crippen LogP contribution >= 0.6 is 0 Å². The predicted molar refractivity (Wildman–Crippen MR) is 112 cm³/mol. The Hall–Kier alpha value is -2.79. The van der Waals surface area contributed by atoms with E-state index in [4.69, 9.17) is 5.73 Å². The zero-order valence-corrected chi connectivity index (χ0v) is 17.9. The number of fused-ring (bicyclic) bond motifs is 2. The van der Waals surface area contributed by atoms with Crippen LogP contribution in [0.25, 0.3) is 5.76 Å². The summed E-state index contributed by atoms with van der Waals surface area (Å²) in [6.07, 6.45) is -0.706. The molecule has 0 unspecified atom stereocenters. The minimum absolute atomic E-state index is 0.0233. The number of phenolic OH excluding ortho intramolecular Hbond substituents is 1. The molecule has 0 heterocycles. The van der Waals surface area contributed by atoms with Crippen molar-refractivity contribution in [3.8, 4) is 5.75 Å². The third-order valence-electron chi connectivity index (χ3n) is 6.65. The lowest BCUT2D eigenvalue weighted by molar-refractivity contribution is -0.163. The van der Waals surface area contributed by atoms with Crippen molar-refractivity contribution in [2.75, 3.05) is 20.7 Å². The molecule has 2 aliphatic rings. The Labute approximate surface area is 184 Å². The van der Waals surface area contributed by atoms with Gasteiger partial charge in [-0.05, 0) is 50.0 Å². The monoisotopic (exact) mass is 448 g/mol. The van der Waals surface area contributed by atoms with Gasteiger partial charge in [0.1, 0.15) is 11.5 Å². The van der Waals surface area contributed by atoms with Crippen LogP contribution in [-0.4, -0.2) is 80.3 Å². The Balaban J connectivity index is 2.24. The molecule has 10 nitrogen and oxygen atoms in total. The highest BCUT2D eigenvalue weighted by Crippen LogP contribution is 2.49. The highest BCUT2D eigenvalue weighted by molar-refractivity contribution is 6.23. The zero-order chi connectivity index (χ0) is 24.0. The van der Waals surface area contributed by atoms with Gasteiger partial charge in [-0.25, -0.2) is 0 Å². The molecule has 10 heteroatoms. The molecule has 1 aromatic rings. The maximum absolute atomic E-state index is 13.6. The van der Waals surface area contributed by atoms with Gasteiger partial charge in [0.2, 0.25) is 11.7 Å². The third kappa shape index (κ3) is 3.58. The van der Waals surface area contributed by atoms with Gasteiger partial charge in [0.05, 0.1) is 25.2 Å². The van der Waals surface area contributed by atoms with E-state index in [2.05, 4.69) is 0 Å². The van der Waals surface area contributed by atoms with E-state index >= 15 is 0 Å². The normalized spacial score (nSPS) is 26.0. The Morgan fingerprint density at radius 1 is 1.25 bits per heavy atom. The number of likely N-dealkylation sites (N-methyl/N-ethyl adjacent to an activating group) is 1. The fourth-order valence-corrected chi connectivity index (χ4v) is 5.06. The molecule has 0 aliphatic heterocycles. The summed E-state index contributed by atoms with van der Waals surface area (Å²) < 4.78 is 0. The third-order valence-corrected chi connectivity index (χ3v) is 6.65. The summed E-state index contributed by atoms with van der Waals surface area (Å²) in [5.41, 5.74) is 3.09. The minimum atomic E-state index is -2.70. The topological polar surface area (TPSA) is 182 Å². The van der Waals surface area contributed by atoms with Gasteiger partial charge in [0, 0.05) is 17.5 Å². The van der Waals surface area contributed by atoms with Gasteiger partial charge in [-0.2, -0.15) is 0 Å². The molecule has 1 saturated carbocycles. The zero-order valence-electron chi connectivity index (χ0n) is 17.9. The van der Waals surface area contributed by atoms with Crippen molar-refractivity contribution in [2.45, 2.75) is 37.5 Å². The molecule has 0 saturated heterocycles. The van der Waals surface area contributed by atoms with Crippen LogP contribution in [0.2, 0.25) is 0 Å². The Kier molecular flexibility index (Phi) is 6.43. The molecule has 1 fully saturated rings. The molecule has 7 N–H and O–H groups in total. The molecule has 0 radical (unpaired) electrons. The van der Waals surface area contributed by atoms with Crippen molar-refractivity contribution in [2.24, 2.45) is 17.6 Å². The second-order valence-corrected chi connectivity index (χ2v) is 8.64. The van der Waals surface area contributed by atoms with Gasteiger partial charge in [-0.3, -0.25) is 14.4 Å². The number of hydrogen-bond acceptors (Lipinski definition) is 9. The van der Waals surface area contributed by atoms with E-state index in [0.717, 1.165) is 0 Å². The molecule has 0 aromatic heterocycles. The summed E-state index contributed by atoms with van der Waals surface area (Å²) in [6, 6.07) is 1.97. The standard InChI is InChI=1S/C22H28N2O8/c1-24(2)14(9-26)13-6-11-5-12-10(8-25)3-4-15(27)19(12)20(30)18(11)21(31)22(13,32)16(28)7-17(23)29/h3-4,11,13-14,25-27,30,32H,5-9H2,1-2H3,(H2,23,29)/t11-,13-,14+,22+/m0/s1. The lowest BCUT2D eigenvalue weighted by Gasteiger charge is -2.47. The van der Waals surface area contributed by atoms with Crippen LogP contribution in [0.15, 0.2) is 17.7 Å². The predicted octanol–water partition coefficient (Wildman–Crippen LogP) is -0.987. The van der Waals surface area contributed by atoms with Crippen molar-refractivity contribution in [1.29, 1.82) is 0 Å². The molecular formula is C22H28N2O8. The van der Waals surface area contributed by atoms with Gasteiger partial charge in [-0.1, -0.05) is 6.07 Å². The number of nitrogens with zero attached hydrogens (tertiary/aromatic N) is 1. The van der Waals surface area contributed by atoms with Crippen molar-refractivity contribution in [1.82, 2.24) is 4.90 Å². The number of aliphatic hydroxyl groups is 4. The highest BCUT2D eigenvalue weighted by Gasteiger charge is 2.60. The summed E-state index contributed by atoms with van der Waals surface area (Å²) in [7, 11) is 3.23. The number of amides is 1. The Morgan fingerprint density at radius 2 is 1.91 bits per heavy atom. The second kappa shape index (κ2) is 8.62. The Morgan fingerprint density at radius 3 is 2.44 bits per heavy atom. The lowest BCUT2D eigenvalue weighted by atomic mass is 9.59. The van der Waals surface area contributed by atoms with E-state index in [1.807, 2.05) is 0 Å². The summed E-state index contributed by atoms with van der Waals surface area (Å²) in [5.74, 6) is -5.87. The van der Waals surface area contributed by atoms with E-state index in [-0.39, 0.29) is 36.3 Å². The molecule has 1 amide bonds. The van der Waals surface area contributed by atoms with Gasteiger partial charge in [-0.15, -0.1) is 0 Å². The number of ketones is 2. The molecular weight excluding hydrogens is 420 g/mol. The van der Waals surface area contributed by atoms with E-state index in [1.54, 1.807) is 19.0 Å². The number of phenols is 1. The first-order valence-corrected chi connectivity index (χ1v) is 10.2. The number of hydrogen-bond donors (Lipinski definition) is 6. The van der Waals surface area contributed by atoms with E-state index in [1.165, 1.54) is 12.1 Å². The Bertz CT molecular complexity index is 1000. The fraction of sp³-hybridized carbons (Fsp3) is 0.500. The molecule has 174 valence electrons. The van der Waals surface area contributed by atoms with Gasteiger partial charge in [0.25, 0.3) is 0 Å². The molecule has 1 aromatic carbocycles. The van der Waals surface area contributed by atoms with Crippen molar-refractivity contribution >= 4 is 23.2 Å². The number of Topliss-reactive ketones (excluding diaryl/α,β-unsaturated/α-hetero) is 2. The second-order valence-electron chi connectivity index (χ2n) is 8.64. The number of rotatable bonds is 7. The number of nitrogens with two attached hydrogens (primary N) is 1. The van der Waals surface area contributed by atoms with Crippen LogP contribution in [0, 0.1) is 11.8 Å². The molecule has 32 heavy (non-hydrogen) atoms. The lowest BCUT2D eigenvalue weighted by Crippen LogP contribution is -2.64. The van der Waals surface area contributed by atoms with Crippen LogP contribution in [-0.2, 0) is 27.4 Å². The number of aromatic hydroxyl groups is 1. The molecule has 0 bridgehead atoms. The SMILES string of the molecule is CN(C)[C@H](CO)[C@@H]1C[C@@H]2Cc3c(CO)ccc(O)c3C(O)=C2C(=O)[C@]1(O)C(=O)CC(N)=O. The first-order chi connectivity index (χ1) is 15.0. The average molecular weight is 448 g/mol. The smallest absolute Gasteiger partial charge is 0.225 e. The molecule has 4 atom stereocenters. The molecule has 2 aliphatic carbocycles. The van der Waals surface area contributed by atoms with Crippen LogP contribution in [0.3, 0.4) is 0 Å². The van der Waals surface area contributed by atoms with E-state index in [9.17, 15) is 39.9 Å². The van der Waals surface area contributed by atoms with E-state index < -0.39 is 59.7 Å². The first kappa shape index (κ1) is 23.9. The van der Waals surface area contributed by atoms with Crippen LogP contribution < -0.4 is 5.73 Å². The maximum Gasteiger partial charge on any atom is 0.225 e. The fourth-order valence-electron chi connectivity index (χ4n) is 5.06. The number of carbonyl (C=O) groups excluding carboxylic acids is 3. The number of primary amides is 1.